The average molecular weight is 448 g/mol. The molecule has 0 N–H and O–H groups in total. The quantitative estimate of drug-likeness (QED) is 0.207. The highest BCUT2D eigenvalue weighted by Crippen LogP contribution is 2.27. The third kappa shape index (κ3) is 6.15. The molecule has 0 radical (unpaired) electrons. The van der Waals surface area contributed by atoms with Crippen LogP contribution < -0.4 is 4.74 Å². The van der Waals surface area contributed by atoms with Crippen LogP contribution in [-0.4, -0.2) is 27.1 Å². The van der Waals surface area contributed by atoms with E-state index in [0.29, 0.717) is 6.61 Å². The Hall–Kier alpha value is -2.70. The van der Waals surface area contributed by atoms with Crippen LogP contribution in [0.1, 0.15) is 17.8 Å². The maximum Gasteiger partial charge on any atom is 0.195 e. The fraction of sp³-hybridized carbons (Fsp3) is 0.200. The van der Waals surface area contributed by atoms with Gasteiger partial charge in [0.1, 0.15) is 11.6 Å². The Morgan fingerprint density at radius 1 is 0.839 bits per heavy atom. The molecular formula is C25H25N3OS2. The normalized spacial score (nSPS) is 10.9. The Bertz CT molecular complexity index is 1080. The van der Waals surface area contributed by atoms with E-state index < -0.39 is 0 Å². The highest BCUT2D eigenvalue weighted by molar-refractivity contribution is 7.99. The Balaban J connectivity index is 1.39. The average Bonchev–Trinajstić information content (AvgIpc) is 3.21. The third-order valence-corrected chi connectivity index (χ3v) is 6.63. The lowest BCUT2D eigenvalue weighted by atomic mass is 10.2. The molecule has 0 fully saturated rings. The number of rotatable bonds is 10. The Labute approximate surface area is 192 Å². The highest BCUT2D eigenvalue weighted by Gasteiger charge is 2.14. The van der Waals surface area contributed by atoms with Gasteiger partial charge >= 0.3 is 0 Å². The van der Waals surface area contributed by atoms with Crippen LogP contribution in [0.3, 0.4) is 0 Å². The molecule has 0 aliphatic carbocycles. The first-order chi connectivity index (χ1) is 15.3. The Kier molecular flexibility index (Phi) is 7.69. The molecule has 6 heteroatoms. The molecule has 0 unspecified atom stereocenters. The molecule has 31 heavy (non-hydrogen) atoms. The van der Waals surface area contributed by atoms with Crippen LogP contribution in [0.2, 0.25) is 0 Å². The molecule has 0 amide bonds. The van der Waals surface area contributed by atoms with Gasteiger partial charge in [-0.15, -0.1) is 22.0 Å². The van der Waals surface area contributed by atoms with Crippen molar-refractivity contribution in [2.45, 2.75) is 29.1 Å². The molecule has 0 atom stereocenters. The van der Waals surface area contributed by atoms with Gasteiger partial charge in [0.05, 0.1) is 12.4 Å². The monoisotopic (exact) mass is 447 g/mol. The second-order valence-corrected chi connectivity index (χ2v) is 9.15. The fourth-order valence-electron chi connectivity index (χ4n) is 3.11. The summed E-state index contributed by atoms with van der Waals surface area (Å²) in [6.07, 6.45) is 0.939. The molecule has 0 saturated heterocycles. The molecule has 1 heterocycles. The molecular weight excluding hydrogens is 422 g/mol. The first-order valence-corrected chi connectivity index (χ1v) is 12.3. The minimum Gasteiger partial charge on any atom is -0.494 e. The van der Waals surface area contributed by atoms with Gasteiger partial charge < -0.3 is 4.74 Å². The molecule has 0 aliphatic rings. The zero-order valence-corrected chi connectivity index (χ0v) is 19.1. The Morgan fingerprint density at radius 3 is 2.39 bits per heavy atom. The smallest absolute Gasteiger partial charge is 0.195 e. The van der Waals surface area contributed by atoms with E-state index in [9.17, 15) is 0 Å². The van der Waals surface area contributed by atoms with Crippen LogP contribution in [0.25, 0.3) is 5.69 Å². The van der Waals surface area contributed by atoms with Crippen LogP contribution in [0.5, 0.6) is 5.75 Å². The van der Waals surface area contributed by atoms with Crippen LogP contribution in [0.4, 0.5) is 0 Å². The van der Waals surface area contributed by atoms with Crippen molar-refractivity contribution >= 4 is 23.5 Å². The van der Waals surface area contributed by atoms with Crippen molar-refractivity contribution in [1.82, 2.24) is 14.8 Å². The summed E-state index contributed by atoms with van der Waals surface area (Å²) in [6.45, 7) is 2.76. The van der Waals surface area contributed by atoms with Crippen molar-refractivity contribution in [3.05, 3.63) is 96.3 Å². The van der Waals surface area contributed by atoms with Gasteiger partial charge in [-0.2, -0.15) is 0 Å². The molecule has 0 saturated carbocycles. The zero-order valence-electron chi connectivity index (χ0n) is 17.5. The second kappa shape index (κ2) is 11.1. The van der Waals surface area contributed by atoms with E-state index in [-0.39, 0.29) is 0 Å². The summed E-state index contributed by atoms with van der Waals surface area (Å²) < 4.78 is 8.04. The number of nitrogens with zero attached hydrogens (tertiary/aromatic N) is 3. The molecule has 4 aromatic rings. The maximum atomic E-state index is 5.87. The molecule has 4 rings (SSSR count). The number of hydrogen-bond donors (Lipinski definition) is 0. The van der Waals surface area contributed by atoms with Gasteiger partial charge in [-0.25, -0.2) is 0 Å². The van der Waals surface area contributed by atoms with Gasteiger partial charge in [-0.05, 0) is 55.3 Å². The van der Waals surface area contributed by atoms with Crippen molar-refractivity contribution in [2.24, 2.45) is 0 Å². The van der Waals surface area contributed by atoms with Crippen molar-refractivity contribution in [1.29, 1.82) is 0 Å². The lowest BCUT2D eigenvalue weighted by Crippen LogP contribution is -2.03. The number of para-hydroxylation sites is 1. The van der Waals surface area contributed by atoms with Gasteiger partial charge in [0.2, 0.25) is 0 Å². The summed E-state index contributed by atoms with van der Waals surface area (Å²) in [5, 5.41) is 9.92. The predicted molar refractivity (Wildman–Crippen MR) is 129 cm³/mol. The number of thioether (sulfide) groups is 2. The van der Waals surface area contributed by atoms with Crippen molar-refractivity contribution in [3.8, 4) is 11.4 Å². The van der Waals surface area contributed by atoms with Crippen LogP contribution in [-0.2, 0) is 5.75 Å². The number of hydrogen-bond acceptors (Lipinski definition) is 5. The van der Waals surface area contributed by atoms with Crippen LogP contribution >= 0.6 is 23.5 Å². The van der Waals surface area contributed by atoms with Gasteiger partial charge in [-0.1, -0.05) is 60.3 Å². The van der Waals surface area contributed by atoms with E-state index in [1.165, 1.54) is 10.5 Å². The summed E-state index contributed by atoms with van der Waals surface area (Å²) in [5.74, 6) is 3.57. The molecule has 0 spiro atoms. The highest BCUT2D eigenvalue weighted by atomic mass is 32.2. The lowest BCUT2D eigenvalue weighted by Gasteiger charge is -2.10. The van der Waals surface area contributed by atoms with E-state index in [1.807, 2.05) is 36.4 Å². The van der Waals surface area contributed by atoms with Gasteiger partial charge in [0.15, 0.2) is 5.16 Å². The predicted octanol–water partition coefficient (Wildman–Crippen LogP) is 6.43. The SMILES string of the molecule is Cc1cccc(OCCCSc2nnc(CSc3ccccc3)n2-c2ccccc2)c1. The molecule has 158 valence electrons. The number of aryl methyl sites for hydroxylation is 1. The fourth-order valence-corrected chi connectivity index (χ4v) is 4.82. The van der Waals surface area contributed by atoms with Gasteiger partial charge in [0, 0.05) is 16.3 Å². The minimum absolute atomic E-state index is 0.687. The minimum atomic E-state index is 0.687. The number of aromatic nitrogens is 3. The van der Waals surface area contributed by atoms with Crippen LogP contribution in [0, 0.1) is 6.92 Å². The molecule has 1 aromatic heterocycles. The summed E-state index contributed by atoms with van der Waals surface area (Å²) in [5.41, 5.74) is 2.30. The standard InChI is InChI=1S/C25H25N3OS2/c1-20-10-8-13-22(18-20)29-16-9-17-30-25-27-26-24(19-31-23-14-6-3-7-15-23)28(25)21-11-4-2-5-12-21/h2-8,10-15,18H,9,16-17,19H2,1H3. The van der Waals surface area contributed by atoms with E-state index in [4.69, 9.17) is 4.74 Å². The first-order valence-electron chi connectivity index (χ1n) is 10.3. The maximum absolute atomic E-state index is 5.87. The largest absolute Gasteiger partial charge is 0.494 e. The zero-order chi connectivity index (χ0) is 21.3. The summed E-state index contributed by atoms with van der Waals surface area (Å²) in [4.78, 5) is 1.23. The van der Waals surface area contributed by atoms with E-state index in [1.54, 1.807) is 23.5 Å². The Morgan fingerprint density at radius 2 is 1.61 bits per heavy atom. The molecule has 4 nitrogen and oxygen atoms in total. The topological polar surface area (TPSA) is 39.9 Å². The first kappa shape index (κ1) is 21.5. The van der Waals surface area contributed by atoms with Crippen molar-refractivity contribution in [3.63, 3.8) is 0 Å². The number of benzene rings is 3. The molecule has 3 aromatic carbocycles. The van der Waals surface area contributed by atoms with E-state index >= 15 is 0 Å². The summed E-state index contributed by atoms with van der Waals surface area (Å²) in [6, 6.07) is 28.9. The van der Waals surface area contributed by atoms with Crippen molar-refractivity contribution < 1.29 is 4.74 Å². The van der Waals surface area contributed by atoms with Gasteiger partial charge in [0.25, 0.3) is 0 Å². The van der Waals surface area contributed by atoms with E-state index in [2.05, 4.69) is 70.2 Å². The summed E-state index contributed by atoms with van der Waals surface area (Å²) in [7, 11) is 0. The van der Waals surface area contributed by atoms with Crippen LogP contribution in [0.15, 0.2) is 95.0 Å². The number of ether oxygens (including phenoxy) is 1. The van der Waals surface area contributed by atoms with Gasteiger partial charge in [-0.3, -0.25) is 4.57 Å². The molecule has 0 bridgehead atoms. The van der Waals surface area contributed by atoms with Crippen molar-refractivity contribution in [2.75, 3.05) is 12.4 Å². The molecule has 0 aliphatic heterocycles. The second-order valence-electron chi connectivity index (χ2n) is 7.04. The third-order valence-electron chi connectivity index (χ3n) is 4.60. The lowest BCUT2D eigenvalue weighted by molar-refractivity contribution is 0.318. The summed E-state index contributed by atoms with van der Waals surface area (Å²) >= 11 is 3.50. The van der Waals surface area contributed by atoms with E-state index in [0.717, 1.165) is 40.3 Å².